The van der Waals surface area contributed by atoms with Gasteiger partial charge in [-0.1, -0.05) is 0 Å². The maximum Gasteiger partial charge on any atom is 0.282 e. The van der Waals surface area contributed by atoms with E-state index in [9.17, 15) is 4.79 Å². The number of hydrogen-bond donors (Lipinski definition) is 2. The van der Waals surface area contributed by atoms with Gasteiger partial charge in [0.1, 0.15) is 5.75 Å². The minimum Gasteiger partial charge on any atom is -0.497 e. The number of rotatable bonds is 5. The van der Waals surface area contributed by atoms with Gasteiger partial charge < -0.3 is 19.9 Å². The van der Waals surface area contributed by atoms with Crippen LogP contribution in [0.5, 0.6) is 5.75 Å². The number of aromatic nitrogens is 2. The average Bonchev–Trinajstić information content (AvgIpc) is 2.69. The summed E-state index contributed by atoms with van der Waals surface area (Å²) in [5.74, 6) is 1.57. The van der Waals surface area contributed by atoms with Crippen molar-refractivity contribution >= 4 is 17.5 Å². The number of benzene rings is 1. The Morgan fingerprint density at radius 2 is 1.84 bits per heavy atom. The van der Waals surface area contributed by atoms with Crippen molar-refractivity contribution in [2.45, 2.75) is 13.0 Å². The lowest BCUT2D eigenvalue weighted by Gasteiger charge is -2.34. The van der Waals surface area contributed by atoms with Crippen LogP contribution in [-0.4, -0.2) is 55.2 Å². The lowest BCUT2D eigenvalue weighted by molar-refractivity contribution is -0.914. The van der Waals surface area contributed by atoms with Gasteiger partial charge >= 0.3 is 0 Å². The number of methoxy groups -OCH3 is 1. The van der Waals surface area contributed by atoms with Gasteiger partial charge in [-0.15, -0.1) is 0 Å². The largest absolute Gasteiger partial charge is 0.497 e. The quantitative estimate of drug-likeness (QED) is 0.813. The van der Waals surface area contributed by atoms with Gasteiger partial charge in [0, 0.05) is 18.1 Å². The second-order valence-electron chi connectivity index (χ2n) is 6.13. The molecule has 7 nitrogen and oxygen atoms in total. The molecular weight excluding hydrogens is 318 g/mol. The van der Waals surface area contributed by atoms with Crippen LogP contribution in [0.3, 0.4) is 0 Å². The maximum absolute atomic E-state index is 12.5. The molecule has 1 fully saturated rings. The molecule has 2 heterocycles. The first-order valence-corrected chi connectivity index (χ1v) is 8.49. The number of hydrogen-bond acceptors (Lipinski definition) is 5. The lowest BCUT2D eigenvalue weighted by atomic mass is 10.2. The maximum atomic E-state index is 12.5. The number of piperazine rings is 1. The molecule has 0 spiro atoms. The summed E-state index contributed by atoms with van der Waals surface area (Å²) in [6.45, 7) is 5.44. The molecule has 0 saturated carbocycles. The summed E-state index contributed by atoms with van der Waals surface area (Å²) in [6.07, 6.45) is 3.51. The van der Waals surface area contributed by atoms with Crippen molar-refractivity contribution in [1.29, 1.82) is 0 Å². The van der Waals surface area contributed by atoms with E-state index in [1.807, 2.05) is 37.3 Å². The zero-order chi connectivity index (χ0) is 17.6. The van der Waals surface area contributed by atoms with Gasteiger partial charge in [-0.25, -0.2) is 9.97 Å². The first kappa shape index (κ1) is 17.2. The first-order chi connectivity index (χ1) is 12.2. The van der Waals surface area contributed by atoms with Gasteiger partial charge in [0.15, 0.2) is 6.04 Å². The fourth-order valence-corrected chi connectivity index (χ4v) is 2.99. The number of nitrogens with zero attached hydrogens (tertiary/aromatic N) is 3. The molecule has 1 aromatic carbocycles. The van der Waals surface area contributed by atoms with Crippen LogP contribution in [0.1, 0.15) is 6.92 Å². The smallest absolute Gasteiger partial charge is 0.282 e. The average molecular weight is 342 g/mol. The van der Waals surface area contributed by atoms with Crippen LogP contribution in [-0.2, 0) is 4.79 Å². The van der Waals surface area contributed by atoms with E-state index in [4.69, 9.17) is 4.74 Å². The monoisotopic (exact) mass is 342 g/mol. The molecule has 1 atom stereocenters. The third kappa shape index (κ3) is 4.24. The van der Waals surface area contributed by atoms with E-state index in [2.05, 4.69) is 20.2 Å². The Labute approximate surface area is 147 Å². The molecule has 7 heteroatoms. The van der Waals surface area contributed by atoms with E-state index in [-0.39, 0.29) is 11.9 Å². The summed E-state index contributed by atoms with van der Waals surface area (Å²) >= 11 is 0. The van der Waals surface area contributed by atoms with E-state index in [0.717, 1.165) is 43.6 Å². The number of amides is 1. The molecule has 1 aliphatic rings. The Hall–Kier alpha value is -2.67. The van der Waals surface area contributed by atoms with E-state index in [1.165, 1.54) is 4.90 Å². The Kier molecular flexibility index (Phi) is 5.45. The summed E-state index contributed by atoms with van der Waals surface area (Å²) in [5, 5.41) is 2.98. The third-order valence-electron chi connectivity index (χ3n) is 4.60. The molecule has 2 N–H and O–H groups in total. The molecule has 1 aliphatic heterocycles. The number of ether oxygens (including phenoxy) is 1. The van der Waals surface area contributed by atoms with Crippen molar-refractivity contribution in [1.82, 2.24) is 9.97 Å². The molecule has 2 aromatic rings. The van der Waals surface area contributed by atoms with Crippen molar-refractivity contribution in [3.63, 3.8) is 0 Å². The SMILES string of the molecule is COc1ccc(NC(=O)[C@H](C)[NH+]2CCN(c3ncccn3)CC2)cc1. The Morgan fingerprint density at radius 1 is 1.20 bits per heavy atom. The highest BCUT2D eigenvalue weighted by Crippen LogP contribution is 2.15. The minimum atomic E-state index is -0.110. The van der Waals surface area contributed by atoms with Crippen LogP contribution in [0.2, 0.25) is 0 Å². The van der Waals surface area contributed by atoms with Crippen molar-refractivity contribution in [2.75, 3.05) is 43.5 Å². The van der Waals surface area contributed by atoms with E-state index in [1.54, 1.807) is 19.5 Å². The second-order valence-corrected chi connectivity index (χ2v) is 6.13. The van der Waals surface area contributed by atoms with Gasteiger partial charge in [-0.05, 0) is 37.3 Å². The normalized spacial score (nSPS) is 16.3. The van der Waals surface area contributed by atoms with Crippen LogP contribution in [0.25, 0.3) is 0 Å². The highest BCUT2D eigenvalue weighted by molar-refractivity contribution is 5.93. The molecule has 0 bridgehead atoms. The van der Waals surface area contributed by atoms with E-state index < -0.39 is 0 Å². The molecule has 132 valence electrons. The number of carbonyl (C=O) groups excluding carboxylic acids is 1. The van der Waals surface area contributed by atoms with E-state index >= 15 is 0 Å². The second kappa shape index (κ2) is 7.94. The fraction of sp³-hybridized carbons (Fsp3) is 0.389. The molecule has 1 amide bonds. The Morgan fingerprint density at radius 3 is 2.44 bits per heavy atom. The van der Waals surface area contributed by atoms with Crippen LogP contribution in [0, 0.1) is 0 Å². The fourth-order valence-electron chi connectivity index (χ4n) is 2.99. The van der Waals surface area contributed by atoms with Crippen LogP contribution in [0.4, 0.5) is 11.6 Å². The van der Waals surface area contributed by atoms with Crippen molar-refractivity contribution in [3.8, 4) is 5.75 Å². The molecular formula is C18H24N5O2+. The summed E-state index contributed by atoms with van der Waals surface area (Å²) in [7, 11) is 1.62. The van der Waals surface area contributed by atoms with Crippen LogP contribution >= 0.6 is 0 Å². The van der Waals surface area contributed by atoms with Crippen molar-refractivity contribution < 1.29 is 14.4 Å². The Bertz CT molecular complexity index is 684. The number of anilines is 2. The summed E-state index contributed by atoms with van der Waals surface area (Å²) in [5.41, 5.74) is 0.786. The topological polar surface area (TPSA) is 71.8 Å². The van der Waals surface area contributed by atoms with Crippen molar-refractivity contribution in [3.05, 3.63) is 42.7 Å². The molecule has 0 unspecified atom stereocenters. The van der Waals surface area contributed by atoms with Gasteiger partial charge in [0.25, 0.3) is 5.91 Å². The van der Waals surface area contributed by atoms with E-state index in [0.29, 0.717) is 0 Å². The third-order valence-corrected chi connectivity index (χ3v) is 4.60. The minimum absolute atomic E-state index is 0.0320. The van der Waals surface area contributed by atoms with Crippen molar-refractivity contribution in [2.24, 2.45) is 0 Å². The standard InChI is InChI=1S/C18H23N5O2/c1-14(17(24)21-15-4-6-16(25-2)7-5-15)22-10-12-23(13-11-22)18-19-8-3-9-20-18/h3-9,14H,10-13H2,1-2H3,(H,21,24)/p+1/t14-/m0/s1. The van der Waals surface area contributed by atoms with Crippen LogP contribution in [0.15, 0.2) is 42.7 Å². The molecule has 1 saturated heterocycles. The number of nitrogens with one attached hydrogen (secondary N) is 2. The highest BCUT2D eigenvalue weighted by Gasteiger charge is 2.29. The molecule has 0 aliphatic carbocycles. The number of carbonyl (C=O) groups is 1. The lowest BCUT2D eigenvalue weighted by Crippen LogP contribution is -3.19. The molecule has 25 heavy (non-hydrogen) atoms. The van der Waals surface area contributed by atoms with Gasteiger partial charge in [-0.2, -0.15) is 0 Å². The predicted molar refractivity (Wildman–Crippen MR) is 96.0 cm³/mol. The molecule has 0 radical (unpaired) electrons. The first-order valence-electron chi connectivity index (χ1n) is 8.49. The molecule has 3 rings (SSSR count). The molecule has 1 aromatic heterocycles. The summed E-state index contributed by atoms with van der Waals surface area (Å²) < 4.78 is 5.13. The van der Waals surface area contributed by atoms with Gasteiger partial charge in [0.05, 0.1) is 33.3 Å². The summed E-state index contributed by atoms with van der Waals surface area (Å²) in [4.78, 5) is 24.5. The predicted octanol–water partition coefficient (Wildman–Crippen LogP) is 0.217. The number of quaternary nitrogens is 1. The zero-order valence-electron chi connectivity index (χ0n) is 14.6. The van der Waals surface area contributed by atoms with Gasteiger partial charge in [-0.3, -0.25) is 4.79 Å². The van der Waals surface area contributed by atoms with Gasteiger partial charge in [0.2, 0.25) is 5.95 Å². The zero-order valence-corrected chi connectivity index (χ0v) is 14.6. The van der Waals surface area contributed by atoms with Crippen LogP contribution < -0.4 is 19.9 Å². The highest BCUT2D eigenvalue weighted by atomic mass is 16.5. The summed E-state index contributed by atoms with van der Waals surface area (Å²) in [6, 6.07) is 9.09. The Balaban J connectivity index is 1.52.